The zero-order valence-corrected chi connectivity index (χ0v) is 22.0. The molecule has 0 aromatic carbocycles. The minimum atomic E-state index is -0.373. The molecule has 0 unspecified atom stereocenters. The van der Waals surface area contributed by atoms with E-state index in [0.717, 1.165) is 44.6 Å². The van der Waals surface area contributed by atoms with Crippen molar-refractivity contribution in [1.29, 1.82) is 0 Å². The number of amides is 4. The second-order valence-corrected chi connectivity index (χ2v) is 11.4. The van der Waals surface area contributed by atoms with Crippen LogP contribution in [0.3, 0.4) is 0 Å². The highest BCUT2D eigenvalue weighted by atomic mass is 16.2. The van der Waals surface area contributed by atoms with Gasteiger partial charge in [0.2, 0.25) is 11.8 Å². The highest BCUT2D eigenvalue weighted by Gasteiger charge is 2.47. The first-order valence-electron chi connectivity index (χ1n) is 13.5. The first kappa shape index (κ1) is 26.2. The summed E-state index contributed by atoms with van der Waals surface area (Å²) in [6, 6.07) is 5.47. The number of aromatic nitrogens is 1. The van der Waals surface area contributed by atoms with E-state index in [1.165, 1.54) is 0 Å². The third kappa shape index (κ3) is 6.48. The quantitative estimate of drug-likeness (QED) is 0.653. The van der Waals surface area contributed by atoms with E-state index in [1.54, 1.807) is 6.20 Å². The fraction of sp³-hybridized carbons (Fsp3) is 0.704. The normalized spacial score (nSPS) is 26.0. The Balaban J connectivity index is 1.46. The second kappa shape index (κ2) is 11.5. The molecule has 9 heteroatoms. The van der Waals surface area contributed by atoms with Gasteiger partial charge in [-0.05, 0) is 58.6 Å². The van der Waals surface area contributed by atoms with E-state index in [1.807, 2.05) is 48.8 Å². The number of nitrogens with one attached hydrogen (secondary N) is 2. The molecule has 3 fully saturated rings. The van der Waals surface area contributed by atoms with Crippen molar-refractivity contribution in [2.75, 3.05) is 44.2 Å². The highest BCUT2D eigenvalue weighted by molar-refractivity contribution is 5.85. The number of anilines is 1. The lowest BCUT2D eigenvalue weighted by Crippen LogP contribution is -2.54. The van der Waals surface area contributed by atoms with Gasteiger partial charge in [-0.15, -0.1) is 0 Å². The van der Waals surface area contributed by atoms with Crippen molar-refractivity contribution in [1.82, 2.24) is 25.4 Å². The highest BCUT2D eigenvalue weighted by Crippen LogP contribution is 2.37. The summed E-state index contributed by atoms with van der Waals surface area (Å²) in [6.45, 7) is 9.92. The zero-order chi connectivity index (χ0) is 25.7. The Morgan fingerprint density at radius 3 is 2.44 bits per heavy atom. The molecule has 1 aromatic rings. The average Bonchev–Trinajstić information content (AvgIpc) is 3.28. The van der Waals surface area contributed by atoms with Gasteiger partial charge in [-0.3, -0.25) is 9.59 Å². The Hall–Kier alpha value is -2.84. The molecule has 0 bridgehead atoms. The fourth-order valence-corrected chi connectivity index (χ4v) is 5.71. The number of carbonyl (C=O) groups is 3. The Morgan fingerprint density at radius 1 is 1.00 bits per heavy atom. The molecule has 198 valence electrons. The van der Waals surface area contributed by atoms with Gasteiger partial charge in [-0.2, -0.15) is 0 Å². The van der Waals surface area contributed by atoms with Gasteiger partial charge < -0.3 is 25.3 Å². The zero-order valence-electron chi connectivity index (χ0n) is 22.0. The van der Waals surface area contributed by atoms with Gasteiger partial charge in [-0.25, -0.2) is 9.78 Å². The molecule has 4 amide bonds. The number of fused-ring (bicyclic) bond motifs is 1. The number of urea groups is 1. The van der Waals surface area contributed by atoms with Crippen molar-refractivity contribution in [2.45, 2.75) is 70.9 Å². The van der Waals surface area contributed by atoms with Gasteiger partial charge in [0.25, 0.3) is 0 Å². The molecule has 3 aliphatic rings. The van der Waals surface area contributed by atoms with Gasteiger partial charge in [0.1, 0.15) is 5.82 Å². The molecule has 2 N–H and O–H groups in total. The summed E-state index contributed by atoms with van der Waals surface area (Å²) < 4.78 is 0. The van der Waals surface area contributed by atoms with Crippen LogP contribution in [0.4, 0.5) is 10.6 Å². The first-order valence-corrected chi connectivity index (χ1v) is 13.5. The predicted molar refractivity (Wildman–Crippen MR) is 140 cm³/mol. The summed E-state index contributed by atoms with van der Waals surface area (Å²) in [5.74, 6) is 0.409. The van der Waals surface area contributed by atoms with E-state index in [2.05, 4.69) is 20.5 Å². The van der Waals surface area contributed by atoms with E-state index in [4.69, 9.17) is 0 Å². The number of hydrogen-bond donors (Lipinski definition) is 2. The lowest BCUT2D eigenvalue weighted by Gasteiger charge is -2.37. The second-order valence-electron chi connectivity index (χ2n) is 11.4. The van der Waals surface area contributed by atoms with Crippen LogP contribution < -0.4 is 15.5 Å². The molecular formula is C27H42N6O3. The number of nitrogens with zero attached hydrogens (tertiary/aromatic N) is 4. The standard InChI is InChI=1S/C27H42N6O3/c1-27(2,3)30-26(36)33-13-9-5-4-7-12-29-24(34)21-18-20(19-22(21)33)25(35)32-16-14-31(15-17-32)23-10-6-8-11-28-23/h6,8,10-11,20-22H,4-5,7,9,12-19H2,1-3H3,(H,29,34)(H,30,36)/t20-,21-,22+/m1/s1. The van der Waals surface area contributed by atoms with Crippen LogP contribution in [0, 0.1) is 11.8 Å². The first-order chi connectivity index (χ1) is 17.2. The molecule has 0 spiro atoms. The Labute approximate surface area is 215 Å². The van der Waals surface area contributed by atoms with Gasteiger partial charge >= 0.3 is 6.03 Å². The van der Waals surface area contributed by atoms with E-state index in [-0.39, 0.29) is 41.3 Å². The number of carbonyl (C=O) groups excluding carboxylic acids is 3. The minimum Gasteiger partial charge on any atom is -0.356 e. The molecule has 2 saturated heterocycles. The largest absolute Gasteiger partial charge is 0.356 e. The molecule has 4 rings (SSSR count). The van der Waals surface area contributed by atoms with Gasteiger partial charge in [-0.1, -0.05) is 18.9 Å². The van der Waals surface area contributed by atoms with Crippen molar-refractivity contribution < 1.29 is 14.4 Å². The maximum Gasteiger partial charge on any atom is 0.318 e. The van der Waals surface area contributed by atoms with Crippen molar-refractivity contribution >= 4 is 23.7 Å². The molecule has 3 heterocycles. The molecule has 3 atom stereocenters. The summed E-state index contributed by atoms with van der Waals surface area (Å²) in [4.78, 5) is 50.6. The third-order valence-corrected chi connectivity index (χ3v) is 7.55. The minimum absolute atomic E-state index is 0.0225. The van der Waals surface area contributed by atoms with Crippen LogP contribution in [0.5, 0.6) is 0 Å². The molecule has 1 aliphatic carbocycles. The average molecular weight is 499 g/mol. The van der Waals surface area contributed by atoms with Crippen LogP contribution in [0.15, 0.2) is 24.4 Å². The summed E-state index contributed by atoms with van der Waals surface area (Å²) in [5, 5.41) is 6.18. The molecule has 0 radical (unpaired) electrons. The topological polar surface area (TPSA) is 97.9 Å². The number of hydrogen-bond acceptors (Lipinski definition) is 5. The van der Waals surface area contributed by atoms with Gasteiger partial charge in [0.15, 0.2) is 0 Å². The summed E-state index contributed by atoms with van der Waals surface area (Å²) >= 11 is 0. The van der Waals surface area contributed by atoms with Gasteiger partial charge in [0, 0.05) is 63.0 Å². The molecule has 1 saturated carbocycles. The van der Waals surface area contributed by atoms with E-state index in [9.17, 15) is 14.4 Å². The van der Waals surface area contributed by atoms with Crippen molar-refractivity contribution in [2.24, 2.45) is 11.8 Å². The lowest BCUT2D eigenvalue weighted by atomic mass is 10.00. The van der Waals surface area contributed by atoms with E-state index < -0.39 is 0 Å². The van der Waals surface area contributed by atoms with Crippen LogP contribution in [-0.4, -0.2) is 83.5 Å². The number of piperazine rings is 1. The molecule has 1 aromatic heterocycles. The smallest absolute Gasteiger partial charge is 0.318 e. The van der Waals surface area contributed by atoms with Crippen LogP contribution in [-0.2, 0) is 9.59 Å². The number of rotatable bonds is 2. The third-order valence-electron chi connectivity index (χ3n) is 7.55. The molecule has 2 aliphatic heterocycles. The van der Waals surface area contributed by atoms with Gasteiger partial charge in [0.05, 0.1) is 5.92 Å². The fourth-order valence-electron chi connectivity index (χ4n) is 5.71. The monoisotopic (exact) mass is 498 g/mol. The maximum atomic E-state index is 13.6. The van der Waals surface area contributed by atoms with Crippen molar-refractivity contribution in [3.63, 3.8) is 0 Å². The molecule has 9 nitrogen and oxygen atoms in total. The van der Waals surface area contributed by atoms with Crippen LogP contribution >= 0.6 is 0 Å². The van der Waals surface area contributed by atoms with Crippen molar-refractivity contribution in [3.05, 3.63) is 24.4 Å². The maximum absolute atomic E-state index is 13.6. The Kier molecular flexibility index (Phi) is 8.36. The van der Waals surface area contributed by atoms with Crippen LogP contribution in [0.2, 0.25) is 0 Å². The van der Waals surface area contributed by atoms with Crippen LogP contribution in [0.1, 0.15) is 59.3 Å². The van der Waals surface area contributed by atoms with E-state index in [0.29, 0.717) is 39.0 Å². The summed E-state index contributed by atoms with van der Waals surface area (Å²) in [6.07, 6.45) is 6.73. The van der Waals surface area contributed by atoms with E-state index >= 15 is 0 Å². The number of pyridine rings is 1. The predicted octanol–water partition coefficient (Wildman–Crippen LogP) is 2.63. The summed E-state index contributed by atoms with van der Waals surface area (Å²) in [7, 11) is 0. The Morgan fingerprint density at radius 2 is 1.75 bits per heavy atom. The van der Waals surface area contributed by atoms with Crippen molar-refractivity contribution in [3.8, 4) is 0 Å². The lowest BCUT2D eigenvalue weighted by molar-refractivity contribution is -0.135. The molecule has 36 heavy (non-hydrogen) atoms. The molecular weight excluding hydrogens is 456 g/mol. The SMILES string of the molecule is CC(C)(C)NC(=O)N1CCCCCCNC(=O)[C@@H]2C[C@@H](C(=O)N3CCN(c4ccccn4)CC3)C[C@@H]21. The van der Waals surface area contributed by atoms with Crippen LogP contribution in [0.25, 0.3) is 0 Å². The Bertz CT molecular complexity index is 910. The summed E-state index contributed by atoms with van der Waals surface area (Å²) in [5.41, 5.74) is -0.373.